The maximum atomic E-state index is 12.0. The average molecular weight is 256 g/mol. The summed E-state index contributed by atoms with van der Waals surface area (Å²) in [5.74, 6) is -2.88. The first kappa shape index (κ1) is 14.1. The predicted octanol–water partition coefficient (Wildman–Crippen LogP) is 0.0426. The van der Waals surface area contributed by atoms with Crippen LogP contribution in [0, 0.1) is 5.92 Å². The first-order chi connectivity index (χ1) is 8.47. The Morgan fingerprint density at radius 3 is 2.44 bits per heavy atom. The number of carbonyl (C=O) groups excluding carboxylic acids is 4. The van der Waals surface area contributed by atoms with Crippen molar-refractivity contribution in [3.05, 3.63) is 0 Å². The molecule has 1 aliphatic heterocycles. The van der Waals surface area contributed by atoms with Crippen molar-refractivity contribution in [1.82, 2.24) is 10.2 Å². The Morgan fingerprint density at radius 2 is 2.00 bits per heavy atom. The Balaban J connectivity index is 3.05. The molecular formula is C11H16N2O5. The Labute approximate surface area is 104 Å². The number of methoxy groups -OCH3 is 1. The molecule has 0 bridgehead atoms. The van der Waals surface area contributed by atoms with Crippen LogP contribution in [0.25, 0.3) is 0 Å². The number of nitrogens with one attached hydrogen (secondary N) is 1. The van der Waals surface area contributed by atoms with Crippen LogP contribution in [0.3, 0.4) is 0 Å². The first-order valence-corrected chi connectivity index (χ1v) is 5.73. The van der Waals surface area contributed by atoms with E-state index in [0.29, 0.717) is 0 Å². The van der Waals surface area contributed by atoms with Crippen LogP contribution in [-0.2, 0) is 19.1 Å². The zero-order chi connectivity index (χ0) is 13.9. The standard InChI is InChI=1S/C11H16N2O5/c1-4-6-8(14)12-11(17)13(9(6)15)7(5-2)10(16)18-3/h6-7H,4-5H2,1-3H3,(H,12,14,17). The van der Waals surface area contributed by atoms with E-state index in [2.05, 4.69) is 10.1 Å². The van der Waals surface area contributed by atoms with Crippen molar-refractivity contribution in [1.29, 1.82) is 0 Å². The maximum Gasteiger partial charge on any atom is 0.331 e. The van der Waals surface area contributed by atoms with E-state index in [1.807, 2.05) is 0 Å². The lowest BCUT2D eigenvalue weighted by Crippen LogP contribution is -2.62. The number of nitrogens with zero attached hydrogens (tertiary/aromatic N) is 1. The number of ether oxygens (including phenoxy) is 1. The third kappa shape index (κ3) is 2.34. The van der Waals surface area contributed by atoms with Crippen LogP contribution in [0.2, 0.25) is 0 Å². The number of hydrogen-bond donors (Lipinski definition) is 1. The molecule has 0 aromatic rings. The molecule has 0 aromatic heterocycles. The van der Waals surface area contributed by atoms with Crippen LogP contribution in [0.15, 0.2) is 0 Å². The van der Waals surface area contributed by atoms with Crippen molar-refractivity contribution in [2.45, 2.75) is 32.7 Å². The van der Waals surface area contributed by atoms with Gasteiger partial charge in [0.2, 0.25) is 11.8 Å². The lowest BCUT2D eigenvalue weighted by atomic mass is 10.00. The van der Waals surface area contributed by atoms with Crippen molar-refractivity contribution in [2.24, 2.45) is 5.92 Å². The molecule has 100 valence electrons. The topological polar surface area (TPSA) is 92.8 Å². The van der Waals surface area contributed by atoms with Crippen LogP contribution in [0.5, 0.6) is 0 Å². The maximum absolute atomic E-state index is 12.0. The third-order valence-corrected chi connectivity index (χ3v) is 2.88. The van der Waals surface area contributed by atoms with Gasteiger partial charge in [0, 0.05) is 0 Å². The van der Waals surface area contributed by atoms with E-state index in [-0.39, 0.29) is 12.8 Å². The fourth-order valence-corrected chi connectivity index (χ4v) is 1.88. The quantitative estimate of drug-likeness (QED) is 0.566. The smallest absolute Gasteiger partial charge is 0.331 e. The zero-order valence-corrected chi connectivity index (χ0v) is 10.6. The molecule has 0 aromatic carbocycles. The Hall–Kier alpha value is -1.92. The molecule has 18 heavy (non-hydrogen) atoms. The average Bonchev–Trinajstić information content (AvgIpc) is 2.33. The number of barbiturate groups is 1. The fourth-order valence-electron chi connectivity index (χ4n) is 1.88. The monoisotopic (exact) mass is 256 g/mol. The molecule has 1 rings (SSSR count). The molecule has 1 aliphatic rings. The number of esters is 1. The molecule has 0 spiro atoms. The van der Waals surface area contributed by atoms with Crippen molar-refractivity contribution < 1.29 is 23.9 Å². The second kappa shape index (κ2) is 5.61. The third-order valence-electron chi connectivity index (χ3n) is 2.88. The molecule has 0 aliphatic carbocycles. The highest BCUT2D eigenvalue weighted by Crippen LogP contribution is 2.18. The van der Waals surface area contributed by atoms with Crippen LogP contribution in [0.4, 0.5) is 4.79 Å². The van der Waals surface area contributed by atoms with Crippen molar-refractivity contribution in [2.75, 3.05) is 7.11 Å². The van der Waals surface area contributed by atoms with Gasteiger partial charge in [0.05, 0.1) is 7.11 Å². The van der Waals surface area contributed by atoms with Crippen molar-refractivity contribution in [3.63, 3.8) is 0 Å². The van der Waals surface area contributed by atoms with E-state index in [9.17, 15) is 19.2 Å². The lowest BCUT2D eigenvalue weighted by Gasteiger charge is -2.33. The van der Waals surface area contributed by atoms with E-state index < -0.39 is 35.8 Å². The number of urea groups is 1. The van der Waals surface area contributed by atoms with Gasteiger partial charge in [-0.05, 0) is 12.8 Å². The molecule has 7 nitrogen and oxygen atoms in total. The molecule has 1 N–H and O–H groups in total. The van der Waals surface area contributed by atoms with Crippen LogP contribution in [0.1, 0.15) is 26.7 Å². The predicted molar refractivity (Wildman–Crippen MR) is 60.3 cm³/mol. The highest BCUT2D eigenvalue weighted by atomic mass is 16.5. The van der Waals surface area contributed by atoms with Gasteiger partial charge in [-0.15, -0.1) is 0 Å². The summed E-state index contributed by atoms with van der Waals surface area (Å²) in [6, 6.07) is -1.86. The van der Waals surface area contributed by atoms with Gasteiger partial charge in [0.25, 0.3) is 0 Å². The first-order valence-electron chi connectivity index (χ1n) is 5.73. The van der Waals surface area contributed by atoms with Gasteiger partial charge in [0.1, 0.15) is 12.0 Å². The minimum atomic E-state index is -0.996. The molecule has 1 fully saturated rings. The molecule has 0 radical (unpaired) electrons. The second-order valence-electron chi connectivity index (χ2n) is 3.91. The summed E-state index contributed by atoms with van der Waals surface area (Å²) in [6.45, 7) is 3.31. The lowest BCUT2D eigenvalue weighted by molar-refractivity contribution is -0.155. The summed E-state index contributed by atoms with van der Waals surface area (Å²) in [4.78, 5) is 47.5. The van der Waals surface area contributed by atoms with E-state index in [0.717, 1.165) is 4.90 Å². The molecule has 1 saturated heterocycles. The van der Waals surface area contributed by atoms with Crippen molar-refractivity contribution >= 4 is 23.8 Å². The van der Waals surface area contributed by atoms with E-state index >= 15 is 0 Å². The fraction of sp³-hybridized carbons (Fsp3) is 0.636. The largest absolute Gasteiger partial charge is 0.467 e. The number of imide groups is 2. The second-order valence-corrected chi connectivity index (χ2v) is 3.91. The molecule has 0 saturated carbocycles. The summed E-state index contributed by atoms with van der Waals surface area (Å²) in [6.07, 6.45) is 0.502. The number of carbonyl (C=O) groups is 4. The SMILES string of the molecule is CCC1C(=O)NC(=O)N(C(CC)C(=O)OC)C1=O. The van der Waals surface area contributed by atoms with Gasteiger partial charge in [-0.3, -0.25) is 14.9 Å². The van der Waals surface area contributed by atoms with Gasteiger partial charge in [-0.2, -0.15) is 0 Å². The van der Waals surface area contributed by atoms with Gasteiger partial charge in [-0.25, -0.2) is 14.5 Å². The number of rotatable bonds is 4. The molecule has 2 atom stereocenters. The molecule has 4 amide bonds. The minimum Gasteiger partial charge on any atom is -0.467 e. The number of hydrogen-bond acceptors (Lipinski definition) is 5. The molecule has 1 heterocycles. The highest BCUT2D eigenvalue weighted by Gasteiger charge is 2.44. The summed E-state index contributed by atoms with van der Waals surface area (Å²) < 4.78 is 4.55. The molecule has 2 unspecified atom stereocenters. The Morgan fingerprint density at radius 1 is 1.39 bits per heavy atom. The van der Waals surface area contributed by atoms with Crippen LogP contribution in [-0.4, -0.2) is 41.9 Å². The number of amides is 4. The van der Waals surface area contributed by atoms with E-state index in [1.54, 1.807) is 13.8 Å². The van der Waals surface area contributed by atoms with Gasteiger partial charge in [-0.1, -0.05) is 13.8 Å². The van der Waals surface area contributed by atoms with Gasteiger partial charge >= 0.3 is 12.0 Å². The highest BCUT2D eigenvalue weighted by molar-refractivity contribution is 6.17. The summed E-state index contributed by atoms with van der Waals surface area (Å²) in [5.41, 5.74) is 0. The summed E-state index contributed by atoms with van der Waals surface area (Å²) >= 11 is 0. The zero-order valence-electron chi connectivity index (χ0n) is 10.6. The van der Waals surface area contributed by atoms with Crippen LogP contribution >= 0.6 is 0 Å². The summed E-state index contributed by atoms with van der Waals surface area (Å²) in [7, 11) is 1.18. The van der Waals surface area contributed by atoms with E-state index in [1.165, 1.54) is 7.11 Å². The normalized spacial score (nSPS) is 21.6. The van der Waals surface area contributed by atoms with E-state index in [4.69, 9.17) is 0 Å². The Bertz CT molecular complexity index is 393. The minimum absolute atomic E-state index is 0.233. The van der Waals surface area contributed by atoms with Gasteiger partial charge < -0.3 is 4.74 Å². The summed E-state index contributed by atoms with van der Waals surface area (Å²) in [5, 5.41) is 2.07. The van der Waals surface area contributed by atoms with Crippen LogP contribution < -0.4 is 5.32 Å². The van der Waals surface area contributed by atoms with Gasteiger partial charge in [0.15, 0.2) is 0 Å². The Kier molecular flexibility index (Phi) is 4.41. The van der Waals surface area contributed by atoms with Crippen molar-refractivity contribution in [3.8, 4) is 0 Å². The molecule has 7 heteroatoms. The molecular weight excluding hydrogens is 240 g/mol.